The van der Waals surface area contributed by atoms with Gasteiger partial charge in [-0.25, -0.2) is 0 Å². The van der Waals surface area contributed by atoms with Gasteiger partial charge in [0.15, 0.2) is 0 Å². The molecule has 3 rings (SSSR count). The second-order valence-electron chi connectivity index (χ2n) is 6.20. The number of H-pyrrole nitrogens is 1. The molecule has 27 heavy (non-hydrogen) atoms. The highest BCUT2D eigenvalue weighted by atomic mass is 16.5. The molecule has 0 aliphatic heterocycles. The number of aromatic amines is 1. The molecule has 0 spiro atoms. The first-order valence-corrected chi connectivity index (χ1v) is 8.99. The highest BCUT2D eigenvalue weighted by Gasteiger charge is 2.07. The minimum absolute atomic E-state index is 0.0230. The summed E-state index contributed by atoms with van der Waals surface area (Å²) >= 11 is 0. The Morgan fingerprint density at radius 1 is 1.07 bits per heavy atom. The van der Waals surface area contributed by atoms with E-state index in [1.54, 1.807) is 14.2 Å². The summed E-state index contributed by atoms with van der Waals surface area (Å²) in [6.45, 7) is 1.15. The largest absolute Gasteiger partial charge is 0.497 e. The topological polar surface area (TPSA) is 75.4 Å². The fourth-order valence-electron chi connectivity index (χ4n) is 3.02. The van der Waals surface area contributed by atoms with Crippen molar-refractivity contribution >= 4 is 22.5 Å². The van der Waals surface area contributed by atoms with E-state index >= 15 is 0 Å². The molecule has 3 N–H and O–H groups in total. The van der Waals surface area contributed by atoms with Crippen molar-refractivity contribution in [1.29, 1.82) is 0 Å². The van der Waals surface area contributed by atoms with Crippen molar-refractivity contribution in [3.05, 3.63) is 54.2 Å². The number of fused-ring (bicyclic) bond motifs is 1. The maximum Gasteiger partial charge on any atom is 0.221 e. The normalized spacial score (nSPS) is 10.6. The molecule has 0 radical (unpaired) electrons. The van der Waals surface area contributed by atoms with Crippen molar-refractivity contribution in [3.63, 3.8) is 0 Å². The number of hydrogen-bond acceptors (Lipinski definition) is 4. The zero-order chi connectivity index (χ0) is 19.1. The fourth-order valence-corrected chi connectivity index (χ4v) is 3.02. The van der Waals surface area contributed by atoms with Crippen molar-refractivity contribution in [2.24, 2.45) is 0 Å². The van der Waals surface area contributed by atoms with E-state index in [-0.39, 0.29) is 5.91 Å². The number of carbonyl (C=O) groups is 1. The van der Waals surface area contributed by atoms with Crippen molar-refractivity contribution in [2.45, 2.75) is 12.8 Å². The smallest absolute Gasteiger partial charge is 0.221 e. The van der Waals surface area contributed by atoms with Gasteiger partial charge in [-0.3, -0.25) is 4.79 Å². The minimum atomic E-state index is 0.0230. The van der Waals surface area contributed by atoms with Crippen molar-refractivity contribution < 1.29 is 14.3 Å². The van der Waals surface area contributed by atoms with Crippen LogP contribution in [0.2, 0.25) is 0 Å². The third-order valence-corrected chi connectivity index (χ3v) is 4.47. The van der Waals surface area contributed by atoms with Crippen LogP contribution in [-0.4, -0.2) is 38.2 Å². The van der Waals surface area contributed by atoms with Gasteiger partial charge in [0.2, 0.25) is 5.91 Å². The summed E-state index contributed by atoms with van der Waals surface area (Å²) < 4.78 is 10.5. The first-order chi connectivity index (χ1) is 13.2. The molecule has 0 aliphatic carbocycles. The van der Waals surface area contributed by atoms with E-state index in [0.29, 0.717) is 25.3 Å². The predicted molar refractivity (Wildman–Crippen MR) is 108 cm³/mol. The van der Waals surface area contributed by atoms with Crippen molar-refractivity contribution in [1.82, 2.24) is 10.3 Å². The van der Waals surface area contributed by atoms with Gasteiger partial charge in [-0.05, 0) is 30.2 Å². The van der Waals surface area contributed by atoms with Gasteiger partial charge in [0.1, 0.15) is 11.5 Å². The van der Waals surface area contributed by atoms with Crippen LogP contribution in [0, 0.1) is 0 Å². The maximum atomic E-state index is 12.1. The van der Waals surface area contributed by atoms with Crippen LogP contribution in [0.15, 0.2) is 48.7 Å². The first-order valence-electron chi connectivity index (χ1n) is 8.99. The molecule has 2 aromatic carbocycles. The maximum absolute atomic E-state index is 12.1. The van der Waals surface area contributed by atoms with Crippen LogP contribution in [0.5, 0.6) is 11.5 Å². The summed E-state index contributed by atoms with van der Waals surface area (Å²) in [5, 5.41) is 7.41. The molecule has 0 aliphatic rings. The van der Waals surface area contributed by atoms with E-state index < -0.39 is 0 Å². The monoisotopic (exact) mass is 367 g/mol. The van der Waals surface area contributed by atoms with E-state index in [1.165, 1.54) is 10.9 Å². The number of anilines is 1. The lowest BCUT2D eigenvalue weighted by Crippen LogP contribution is -2.27. The van der Waals surface area contributed by atoms with Crippen LogP contribution in [0.3, 0.4) is 0 Å². The molecule has 1 heterocycles. The van der Waals surface area contributed by atoms with Gasteiger partial charge in [0.05, 0.1) is 19.9 Å². The van der Waals surface area contributed by atoms with Gasteiger partial charge >= 0.3 is 0 Å². The van der Waals surface area contributed by atoms with Gasteiger partial charge in [0, 0.05) is 42.7 Å². The molecule has 142 valence electrons. The van der Waals surface area contributed by atoms with Crippen LogP contribution >= 0.6 is 0 Å². The average molecular weight is 367 g/mol. The number of para-hydroxylation sites is 1. The number of methoxy groups -OCH3 is 2. The molecular formula is C21H25N3O3. The van der Waals surface area contributed by atoms with Gasteiger partial charge < -0.3 is 25.1 Å². The molecule has 0 saturated heterocycles. The van der Waals surface area contributed by atoms with Gasteiger partial charge in [-0.1, -0.05) is 18.2 Å². The minimum Gasteiger partial charge on any atom is -0.497 e. The third-order valence-electron chi connectivity index (χ3n) is 4.47. The molecule has 3 aromatic rings. The summed E-state index contributed by atoms with van der Waals surface area (Å²) in [5.74, 6) is 1.44. The van der Waals surface area contributed by atoms with E-state index in [0.717, 1.165) is 23.4 Å². The zero-order valence-corrected chi connectivity index (χ0v) is 15.7. The Labute approximate surface area is 158 Å². The van der Waals surface area contributed by atoms with Crippen LogP contribution in [0.25, 0.3) is 10.9 Å². The Hall–Kier alpha value is -3.15. The van der Waals surface area contributed by atoms with Crippen LogP contribution in [-0.2, 0) is 11.2 Å². The highest BCUT2D eigenvalue weighted by Crippen LogP contribution is 2.28. The first kappa shape index (κ1) is 18.6. The Kier molecular flexibility index (Phi) is 6.20. The highest BCUT2D eigenvalue weighted by molar-refractivity contribution is 5.83. The van der Waals surface area contributed by atoms with Crippen LogP contribution < -0.4 is 20.1 Å². The second-order valence-corrected chi connectivity index (χ2v) is 6.20. The van der Waals surface area contributed by atoms with E-state index in [4.69, 9.17) is 9.47 Å². The molecule has 0 unspecified atom stereocenters. The lowest BCUT2D eigenvalue weighted by molar-refractivity contribution is -0.120. The molecule has 0 bridgehead atoms. The molecular weight excluding hydrogens is 342 g/mol. The van der Waals surface area contributed by atoms with Crippen LogP contribution in [0.1, 0.15) is 12.0 Å². The Morgan fingerprint density at radius 3 is 2.74 bits per heavy atom. The summed E-state index contributed by atoms with van der Waals surface area (Å²) in [6.07, 6.45) is 3.20. The molecule has 0 fully saturated rings. The zero-order valence-electron chi connectivity index (χ0n) is 15.7. The third kappa shape index (κ3) is 4.73. The van der Waals surface area contributed by atoms with E-state index in [2.05, 4.69) is 27.8 Å². The molecule has 1 aromatic heterocycles. The van der Waals surface area contributed by atoms with Crippen LogP contribution in [0.4, 0.5) is 5.69 Å². The van der Waals surface area contributed by atoms with Gasteiger partial charge in [-0.2, -0.15) is 0 Å². The quantitative estimate of drug-likeness (QED) is 0.542. The Balaban J connectivity index is 1.42. The van der Waals surface area contributed by atoms with Crippen molar-refractivity contribution in [2.75, 3.05) is 32.6 Å². The summed E-state index contributed by atoms with van der Waals surface area (Å²) in [6, 6.07) is 13.7. The number of hydrogen-bond donors (Lipinski definition) is 3. The number of carbonyl (C=O) groups excluding carboxylic acids is 1. The second kappa shape index (κ2) is 8.98. The molecule has 6 nitrogen and oxygen atoms in total. The molecule has 0 saturated carbocycles. The number of nitrogens with one attached hydrogen (secondary N) is 3. The molecule has 6 heteroatoms. The summed E-state index contributed by atoms with van der Waals surface area (Å²) in [7, 11) is 3.22. The molecule has 1 amide bonds. The lowest BCUT2D eigenvalue weighted by Gasteiger charge is -2.12. The van der Waals surface area contributed by atoms with Crippen molar-refractivity contribution in [3.8, 4) is 11.5 Å². The number of ether oxygens (including phenoxy) is 2. The van der Waals surface area contributed by atoms with E-state index in [9.17, 15) is 4.79 Å². The van der Waals surface area contributed by atoms with E-state index in [1.807, 2.05) is 36.5 Å². The standard InChI is InChI=1S/C21H25N3O3/c1-26-16-7-8-19(20(13-16)27-2)22-12-10-21(25)23-11-9-15-14-24-18-6-4-3-5-17(15)18/h3-8,13-14,22,24H,9-12H2,1-2H3,(H,23,25). The SMILES string of the molecule is COc1ccc(NCCC(=O)NCCc2c[nH]c3ccccc23)c(OC)c1. The predicted octanol–water partition coefficient (Wildman–Crippen LogP) is 3.35. The average Bonchev–Trinajstić information content (AvgIpc) is 3.11. The summed E-state index contributed by atoms with van der Waals surface area (Å²) in [4.78, 5) is 15.3. The number of amides is 1. The molecule has 0 atom stereocenters. The Morgan fingerprint density at radius 2 is 1.93 bits per heavy atom. The number of benzene rings is 2. The van der Waals surface area contributed by atoms with Gasteiger partial charge in [0.25, 0.3) is 0 Å². The lowest BCUT2D eigenvalue weighted by atomic mass is 10.1. The van der Waals surface area contributed by atoms with Gasteiger partial charge in [-0.15, -0.1) is 0 Å². The summed E-state index contributed by atoms with van der Waals surface area (Å²) in [5.41, 5.74) is 3.17. The number of rotatable bonds is 9. The number of aromatic nitrogens is 1. The Bertz CT molecular complexity index is 905. The fraction of sp³-hybridized carbons (Fsp3) is 0.286.